The molecule has 0 atom stereocenters. The molecule has 0 bridgehead atoms. The molecule has 1 saturated heterocycles. The van der Waals surface area contributed by atoms with E-state index in [-0.39, 0.29) is 18.8 Å². The maximum Gasteiger partial charge on any atom is 0.329 e. The van der Waals surface area contributed by atoms with Crippen LogP contribution in [0.2, 0.25) is 0 Å². The van der Waals surface area contributed by atoms with Crippen LogP contribution in [0.25, 0.3) is 6.08 Å². The Morgan fingerprint density at radius 1 is 1.11 bits per heavy atom. The topological polar surface area (TPSA) is 102 Å². The van der Waals surface area contributed by atoms with Crippen LogP contribution in [0.15, 0.2) is 58.7 Å². The number of rotatable bonds is 6. The van der Waals surface area contributed by atoms with E-state index < -0.39 is 17.8 Å². The first kappa shape index (κ1) is 18.7. The van der Waals surface area contributed by atoms with Crippen LogP contribution >= 0.6 is 15.9 Å². The van der Waals surface area contributed by atoms with E-state index in [9.17, 15) is 14.4 Å². The van der Waals surface area contributed by atoms with Gasteiger partial charge in [0.2, 0.25) is 0 Å². The van der Waals surface area contributed by atoms with E-state index >= 15 is 0 Å². The number of carbonyl (C=O) groups is 3. The third kappa shape index (κ3) is 4.73. The number of hydrogen-bond donors (Lipinski definition) is 2. The number of urea groups is 1. The van der Waals surface area contributed by atoms with Crippen molar-refractivity contribution < 1.29 is 19.1 Å². The molecule has 27 heavy (non-hydrogen) atoms. The molecule has 1 aliphatic heterocycles. The van der Waals surface area contributed by atoms with E-state index in [2.05, 4.69) is 21.2 Å². The van der Waals surface area contributed by atoms with Gasteiger partial charge in [0.25, 0.3) is 11.8 Å². The summed E-state index contributed by atoms with van der Waals surface area (Å²) in [6.45, 7) is -0.0187. The fraction of sp³-hybridized carbons (Fsp3) is 0.105. The number of amides is 4. The first-order valence-electron chi connectivity index (χ1n) is 8.02. The Hall–Kier alpha value is -3.13. The van der Waals surface area contributed by atoms with Gasteiger partial charge in [-0.25, -0.2) is 4.79 Å². The van der Waals surface area contributed by atoms with Crippen LogP contribution in [0.4, 0.5) is 4.79 Å². The summed E-state index contributed by atoms with van der Waals surface area (Å²) in [7, 11) is 0. The first-order valence-corrected chi connectivity index (χ1v) is 8.82. The van der Waals surface area contributed by atoms with E-state index in [1.54, 1.807) is 30.3 Å². The van der Waals surface area contributed by atoms with Crippen LogP contribution in [0, 0.1) is 0 Å². The summed E-state index contributed by atoms with van der Waals surface area (Å²) in [6, 6.07) is 13.6. The second kappa shape index (κ2) is 8.05. The first-order chi connectivity index (χ1) is 12.9. The van der Waals surface area contributed by atoms with Gasteiger partial charge in [0.1, 0.15) is 11.4 Å². The Morgan fingerprint density at radius 3 is 2.41 bits per heavy atom. The van der Waals surface area contributed by atoms with Crippen molar-refractivity contribution >= 4 is 39.9 Å². The highest BCUT2D eigenvalue weighted by Crippen LogP contribution is 2.19. The van der Waals surface area contributed by atoms with Crippen LogP contribution in [-0.4, -0.2) is 29.4 Å². The Balaban J connectivity index is 1.70. The van der Waals surface area contributed by atoms with Gasteiger partial charge in [0.05, 0.1) is 6.54 Å². The van der Waals surface area contributed by atoms with Crippen LogP contribution in [0.5, 0.6) is 5.75 Å². The summed E-state index contributed by atoms with van der Waals surface area (Å²) in [5.74, 6) is -0.474. The molecule has 1 fully saturated rings. The molecule has 8 heteroatoms. The average Bonchev–Trinajstić information content (AvgIpc) is 2.90. The molecule has 3 rings (SSSR count). The Kier molecular flexibility index (Phi) is 5.56. The van der Waals surface area contributed by atoms with E-state index in [1.165, 1.54) is 0 Å². The number of nitrogens with two attached hydrogens (primary N) is 1. The van der Waals surface area contributed by atoms with Crippen LogP contribution in [0.3, 0.4) is 0 Å². The number of nitrogens with one attached hydrogen (secondary N) is 1. The summed E-state index contributed by atoms with van der Waals surface area (Å²) >= 11 is 3.35. The molecule has 2 aromatic rings. The smallest absolute Gasteiger partial charge is 0.329 e. The normalized spacial score (nSPS) is 15.1. The zero-order valence-electron chi connectivity index (χ0n) is 14.1. The highest BCUT2D eigenvalue weighted by Gasteiger charge is 2.33. The number of imide groups is 1. The van der Waals surface area contributed by atoms with Crippen LogP contribution in [-0.2, 0) is 16.1 Å². The minimum atomic E-state index is -0.564. The van der Waals surface area contributed by atoms with Gasteiger partial charge in [-0.2, -0.15) is 0 Å². The lowest BCUT2D eigenvalue weighted by Crippen LogP contribution is -2.30. The maximum absolute atomic E-state index is 12.5. The van der Waals surface area contributed by atoms with Crippen molar-refractivity contribution in [2.45, 2.75) is 6.54 Å². The van der Waals surface area contributed by atoms with Gasteiger partial charge in [0, 0.05) is 4.47 Å². The van der Waals surface area contributed by atoms with Crippen LogP contribution < -0.4 is 15.8 Å². The maximum atomic E-state index is 12.5. The van der Waals surface area contributed by atoms with Gasteiger partial charge < -0.3 is 15.8 Å². The molecule has 0 aliphatic carbocycles. The van der Waals surface area contributed by atoms with E-state index in [4.69, 9.17) is 10.5 Å². The zero-order valence-corrected chi connectivity index (χ0v) is 15.7. The van der Waals surface area contributed by atoms with Gasteiger partial charge >= 0.3 is 6.03 Å². The number of ether oxygens (including phenoxy) is 1. The van der Waals surface area contributed by atoms with E-state index in [0.717, 1.165) is 14.9 Å². The van der Waals surface area contributed by atoms with E-state index in [1.807, 2.05) is 24.3 Å². The molecule has 0 aromatic heterocycles. The van der Waals surface area contributed by atoms with Crippen molar-refractivity contribution in [2.24, 2.45) is 5.73 Å². The monoisotopic (exact) mass is 429 g/mol. The molecular formula is C19H16BrN3O4. The summed E-state index contributed by atoms with van der Waals surface area (Å²) < 4.78 is 6.10. The van der Waals surface area contributed by atoms with Crippen molar-refractivity contribution in [3.05, 3.63) is 69.8 Å². The van der Waals surface area contributed by atoms with Crippen molar-refractivity contribution in [3.8, 4) is 5.75 Å². The lowest BCUT2D eigenvalue weighted by atomic mass is 10.1. The molecule has 1 heterocycles. The number of primary amides is 1. The van der Waals surface area contributed by atoms with Gasteiger partial charge in [0.15, 0.2) is 6.61 Å². The Labute approximate surface area is 163 Å². The molecule has 0 spiro atoms. The quantitative estimate of drug-likeness (QED) is 0.543. The predicted molar refractivity (Wildman–Crippen MR) is 102 cm³/mol. The van der Waals surface area contributed by atoms with Gasteiger partial charge in [-0.1, -0.05) is 40.2 Å². The van der Waals surface area contributed by atoms with Crippen molar-refractivity contribution in [1.29, 1.82) is 0 Å². The average molecular weight is 430 g/mol. The molecule has 1 aliphatic rings. The molecular weight excluding hydrogens is 414 g/mol. The second-order valence-electron chi connectivity index (χ2n) is 5.83. The number of carbonyl (C=O) groups excluding carboxylic acids is 3. The molecule has 7 nitrogen and oxygen atoms in total. The third-order valence-corrected chi connectivity index (χ3v) is 4.32. The SMILES string of the molecule is NC(=O)COc1ccc(/C=C2/NC(=O)N(Cc3ccc(Br)cc3)C2=O)cc1. The van der Waals surface area contributed by atoms with Gasteiger partial charge in [-0.15, -0.1) is 0 Å². The fourth-order valence-corrected chi connectivity index (χ4v) is 2.73. The lowest BCUT2D eigenvalue weighted by Gasteiger charge is -2.11. The van der Waals surface area contributed by atoms with Crippen molar-refractivity contribution in [3.63, 3.8) is 0 Å². The predicted octanol–water partition coefficient (Wildman–Crippen LogP) is 2.41. The molecule has 3 N–H and O–H groups in total. The molecule has 0 radical (unpaired) electrons. The summed E-state index contributed by atoms with van der Waals surface area (Å²) in [5, 5.41) is 2.59. The van der Waals surface area contributed by atoms with Crippen molar-refractivity contribution in [2.75, 3.05) is 6.61 Å². The molecule has 4 amide bonds. The standard InChI is InChI=1S/C19H16BrN3O4/c20-14-5-1-13(2-6-14)10-23-18(25)16(22-19(23)26)9-12-3-7-15(8-4-12)27-11-17(21)24/h1-9H,10-11H2,(H2,21,24)(H,22,26)/b16-9+. The summed E-state index contributed by atoms with van der Waals surface area (Å²) in [4.78, 5) is 36.5. The number of halogens is 1. The van der Waals surface area contributed by atoms with Gasteiger partial charge in [-0.05, 0) is 41.5 Å². The van der Waals surface area contributed by atoms with E-state index in [0.29, 0.717) is 11.3 Å². The van der Waals surface area contributed by atoms with Crippen molar-refractivity contribution in [1.82, 2.24) is 10.2 Å². The highest BCUT2D eigenvalue weighted by atomic mass is 79.9. The lowest BCUT2D eigenvalue weighted by molar-refractivity contribution is -0.123. The summed E-state index contributed by atoms with van der Waals surface area (Å²) in [6.07, 6.45) is 1.58. The second-order valence-corrected chi connectivity index (χ2v) is 6.75. The third-order valence-electron chi connectivity index (χ3n) is 3.79. The highest BCUT2D eigenvalue weighted by molar-refractivity contribution is 9.10. The Bertz CT molecular complexity index is 908. The van der Waals surface area contributed by atoms with Gasteiger partial charge in [-0.3, -0.25) is 14.5 Å². The fourth-order valence-electron chi connectivity index (χ4n) is 2.47. The number of benzene rings is 2. The Morgan fingerprint density at radius 2 is 1.78 bits per heavy atom. The van der Waals surface area contributed by atoms with Crippen LogP contribution in [0.1, 0.15) is 11.1 Å². The number of hydrogen-bond acceptors (Lipinski definition) is 4. The minimum Gasteiger partial charge on any atom is -0.484 e. The molecule has 138 valence electrons. The zero-order chi connectivity index (χ0) is 19.4. The minimum absolute atomic E-state index is 0.190. The molecule has 0 saturated carbocycles. The largest absolute Gasteiger partial charge is 0.484 e. The molecule has 0 unspecified atom stereocenters. The summed E-state index contributed by atoms with van der Waals surface area (Å²) in [5.41, 5.74) is 6.77. The number of nitrogens with zero attached hydrogens (tertiary/aromatic N) is 1. The molecule has 2 aromatic carbocycles.